The van der Waals surface area contributed by atoms with Crippen LogP contribution in [0.4, 0.5) is 0 Å². The van der Waals surface area contributed by atoms with Crippen LogP contribution < -0.4 is 5.32 Å². The van der Waals surface area contributed by atoms with Crippen LogP contribution in [0.15, 0.2) is 63.5 Å². The van der Waals surface area contributed by atoms with Gasteiger partial charge in [-0.25, -0.2) is 4.98 Å². The topological polar surface area (TPSA) is 94.1 Å². The summed E-state index contributed by atoms with van der Waals surface area (Å²) in [6.45, 7) is 0.0943. The van der Waals surface area contributed by atoms with Gasteiger partial charge in [0, 0.05) is 22.1 Å². The Bertz CT molecular complexity index is 1180. The summed E-state index contributed by atoms with van der Waals surface area (Å²) in [5, 5.41) is 7.38. The molecule has 0 radical (unpaired) electrons. The molecule has 4 aromatic rings. The van der Waals surface area contributed by atoms with Crippen molar-refractivity contribution in [3.8, 4) is 22.8 Å². The molecule has 5 rings (SSSR count). The summed E-state index contributed by atoms with van der Waals surface area (Å²) in [6, 6.07) is 16.7. The van der Waals surface area contributed by atoms with E-state index in [1.807, 2.05) is 30.3 Å². The molecule has 30 heavy (non-hydrogen) atoms. The number of amides is 1. The first-order valence-electron chi connectivity index (χ1n) is 9.60. The minimum absolute atomic E-state index is 0.0943. The fourth-order valence-corrected chi connectivity index (χ4v) is 3.23. The summed E-state index contributed by atoms with van der Waals surface area (Å²) in [5.41, 5.74) is 1.93. The summed E-state index contributed by atoms with van der Waals surface area (Å²) in [7, 11) is 0. The Morgan fingerprint density at radius 3 is 2.53 bits per heavy atom. The number of hydrogen-bond donors (Lipinski definition) is 1. The Balaban J connectivity index is 1.31. The molecular weight excluding hydrogens is 404 g/mol. The number of carbonyl (C=O) groups is 1. The summed E-state index contributed by atoms with van der Waals surface area (Å²) >= 11 is 5.90. The van der Waals surface area contributed by atoms with Gasteiger partial charge in [-0.2, -0.15) is 4.98 Å². The van der Waals surface area contributed by atoms with Crippen molar-refractivity contribution in [1.82, 2.24) is 20.4 Å². The van der Waals surface area contributed by atoms with Gasteiger partial charge in [-0.05, 0) is 49.2 Å². The molecule has 0 bridgehead atoms. The summed E-state index contributed by atoms with van der Waals surface area (Å²) < 4.78 is 11.2. The third-order valence-electron chi connectivity index (χ3n) is 4.81. The van der Waals surface area contributed by atoms with Crippen molar-refractivity contribution in [2.24, 2.45) is 0 Å². The van der Waals surface area contributed by atoms with Crippen molar-refractivity contribution in [2.45, 2.75) is 25.3 Å². The van der Waals surface area contributed by atoms with Crippen molar-refractivity contribution in [3.63, 3.8) is 0 Å². The van der Waals surface area contributed by atoms with E-state index < -0.39 is 0 Å². The number of oxazole rings is 1. The van der Waals surface area contributed by atoms with E-state index in [1.54, 1.807) is 24.3 Å². The standard InChI is InChI=1S/C22H17ClN4O3/c23-16-10-8-14(9-11-16)20-25-17(30-27-20)12-24-21(28)18-19(13-6-7-13)29-22(26-18)15-4-2-1-3-5-15/h1-5,8-11,13H,6-7,12H2,(H,24,28). The molecule has 1 fully saturated rings. The average molecular weight is 421 g/mol. The Morgan fingerprint density at radius 2 is 1.80 bits per heavy atom. The van der Waals surface area contributed by atoms with Gasteiger partial charge in [0.05, 0.1) is 6.54 Å². The second-order valence-electron chi connectivity index (χ2n) is 7.07. The van der Waals surface area contributed by atoms with Crippen molar-refractivity contribution in [2.75, 3.05) is 0 Å². The minimum atomic E-state index is -0.325. The highest BCUT2D eigenvalue weighted by atomic mass is 35.5. The Kier molecular flexibility index (Phi) is 4.80. The molecule has 2 aromatic heterocycles. The Morgan fingerprint density at radius 1 is 1.03 bits per heavy atom. The fraction of sp³-hybridized carbons (Fsp3) is 0.182. The summed E-state index contributed by atoms with van der Waals surface area (Å²) in [4.78, 5) is 21.6. The predicted molar refractivity (Wildman–Crippen MR) is 110 cm³/mol. The van der Waals surface area contributed by atoms with Gasteiger partial charge in [0.2, 0.25) is 17.6 Å². The van der Waals surface area contributed by atoms with Gasteiger partial charge in [0.25, 0.3) is 5.91 Å². The van der Waals surface area contributed by atoms with E-state index in [1.165, 1.54) is 0 Å². The van der Waals surface area contributed by atoms with Crippen LogP contribution in [0.3, 0.4) is 0 Å². The molecule has 1 saturated carbocycles. The molecule has 0 spiro atoms. The van der Waals surface area contributed by atoms with Crippen LogP contribution in [0, 0.1) is 0 Å². The molecule has 1 N–H and O–H groups in total. The van der Waals surface area contributed by atoms with E-state index in [0.29, 0.717) is 34.1 Å². The van der Waals surface area contributed by atoms with E-state index in [0.717, 1.165) is 24.0 Å². The number of rotatable bonds is 6. The van der Waals surface area contributed by atoms with E-state index in [2.05, 4.69) is 20.4 Å². The zero-order chi connectivity index (χ0) is 20.5. The lowest BCUT2D eigenvalue weighted by Crippen LogP contribution is -2.24. The fourth-order valence-electron chi connectivity index (χ4n) is 3.10. The maximum atomic E-state index is 12.8. The maximum absolute atomic E-state index is 12.8. The minimum Gasteiger partial charge on any atom is -0.440 e. The molecule has 1 amide bonds. The second kappa shape index (κ2) is 7.76. The van der Waals surface area contributed by atoms with Crippen molar-refractivity contribution >= 4 is 17.5 Å². The third-order valence-corrected chi connectivity index (χ3v) is 5.06. The Hall–Kier alpha value is -3.45. The number of carbonyl (C=O) groups excluding carboxylic acids is 1. The van der Waals surface area contributed by atoms with E-state index in [4.69, 9.17) is 20.5 Å². The van der Waals surface area contributed by atoms with Gasteiger partial charge >= 0.3 is 0 Å². The van der Waals surface area contributed by atoms with Gasteiger partial charge in [0.15, 0.2) is 5.69 Å². The lowest BCUT2D eigenvalue weighted by Gasteiger charge is -2.00. The van der Waals surface area contributed by atoms with Crippen LogP contribution in [0.25, 0.3) is 22.8 Å². The molecule has 2 aromatic carbocycles. The van der Waals surface area contributed by atoms with Crippen LogP contribution in [-0.4, -0.2) is 21.0 Å². The van der Waals surface area contributed by atoms with Crippen LogP contribution in [0.5, 0.6) is 0 Å². The number of nitrogens with zero attached hydrogens (tertiary/aromatic N) is 3. The van der Waals surface area contributed by atoms with Gasteiger partial charge in [-0.15, -0.1) is 0 Å². The molecule has 2 heterocycles. The van der Waals surface area contributed by atoms with Crippen molar-refractivity contribution in [1.29, 1.82) is 0 Å². The lowest BCUT2D eigenvalue weighted by atomic mass is 10.2. The van der Waals surface area contributed by atoms with Crippen LogP contribution in [-0.2, 0) is 6.54 Å². The molecular formula is C22H17ClN4O3. The highest BCUT2D eigenvalue weighted by Crippen LogP contribution is 2.43. The van der Waals surface area contributed by atoms with Crippen molar-refractivity contribution in [3.05, 3.63) is 77.0 Å². The van der Waals surface area contributed by atoms with Crippen LogP contribution in [0.1, 0.15) is 40.9 Å². The summed E-state index contributed by atoms with van der Waals surface area (Å²) in [6.07, 6.45) is 2.00. The normalized spacial score (nSPS) is 13.4. The second-order valence-corrected chi connectivity index (χ2v) is 7.51. The average Bonchev–Trinajstić information content (AvgIpc) is 3.34. The number of aromatic nitrogens is 3. The number of nitrogens with one attached hydrogen (secondary N) is 1. The van der Waals surface area contributed by atoms with Gasteiger partial charge in [0.1, 0.15) is 5.76 Å². The third kappa shape index (κ3) is 3.84. The monoisotopic (exact) mass is 420 g/mol. The van der Waals surface area contributed by atoms with Crippen LogP contribution >= 0.6 is 11.6 Å². The highest BCUT2D eigenvalue weighted by molar-refractivity contribution is 6.30. The molecule has 0 unspecified atom stereocenters. The molecule has 7 nitrogen and oxygen atoms in total. The number of benzene rings is 2. The smallest absolute Gasteiger partial charge is 0.274 e. The quantitative estimate of drug-likeness (QED) is 0.479. The van der Waals surface area contributed by atoms with Gasteiger partial charge in [-0.1, -0.05) is 35.0 Å². The molecule has 8 heteroatoms. The molecule has 1 aliphatic rings. The first-order chi connectivity index (χ1) is 14.7. The molecule has 0 saturated heterocycles. The first kappa shape index (κ1) is 18.6. The zero-order valence-corrected chi connectivity index (χ0v) is 16.6. The number of halogens is 1. The SMILES string of the molecule is O=C(NCc1nc(-c2ccc(Cl)cc2)no1)c1nc(-c2ccccc2)oc1C1CC1. The zero-order valence-electron chi connectivity index (χ0n) is 15.8. The molecule has 150 valence electrons. The van der Waals surface area contributed by atoms with E-state index in [9.17, 15) is 4.79 Å². The number of hydrogen-bond acceptors (Lipinski definition) is 6. The van der Waals surface area contributed by atoms with E-state index >= 15 is 0 Å². The molecule has 1 aliphatic carbocycles. The predicted octanol–water partition coefficient (Wildman–Crippen LogP) is 4.85. The maximum Gasteiger partial charge on any atom is 0.274 e. The summed E-state index contributed by atoms with van der Waals surface area (Å²) in [5.74, 6) is 1.74. The largest absolute Gasteiger partial charge is 0.440 e. The molecule has 0 aliphatic heterocycles. The van der Waals surface area contributed by atoms with Crippen molar-refractivity contribution < 1.29 is 13.7 Å². The Labute approximate surface area is 177 Å². The van der Waals surface area contributed by atoms with Gasteiger partial charge in [-0.3, -0.25) is 4.79 Å². The van der Waals surface area contributed by atoms with E-state index in [-0.39, 0.29) is 18.4 Å². The van der Waals surface area contributed by atoms with Crippen LogP contribution in [0.2, 0.25) is 5.02 Å². The highest BCUT2D eigenvalue weighted by Gasteiger charge is 2.34. The van der Waals surface area contributed by atoms with Gasteiger partial charge < -0.3 is 14.3 Å². The molecule has 0 atom stereocenters. The lowest BCUT2D eigenvalue weighted by molar-refractivity contribution is 0.0940. The first-order valence-corrected chi connectivity index (χ1v) is 9.98.